The van der Waals surface area contributed by atoms with Crippen molar-refractivity contribution in [1.82, 2.24) is 0 Å². The molecule has 0 aliphatic heterocycles. The Labute approximate surface area is 64.4 Å². The zero-order valence-electron chi connectivity index (χ0n) is 6.06. The maximum atomic E-state index is 10.2. The van der Waals surface area contributed by atoms with Crippen molar-refractivity contribution >= 4 is 12.3 Å². The van der Waals surface area contributed by atoms with Crippen LogP contribution in [0.25, 0.3) is 0 Å². The second kappa shape index (κ2) is 4.81. The molecule has 0 spiro atoms. The molecular weight excluding hydrogens is 148 g/mol. The van der Waals surface area contributed by atoms with Crippen molar-refractivity contribution < 1.29 is 14.7 Å². The lowest BCUT2D eigenvalue weighted by Crippen LogP contribution is -2.39. The molecule has 0 aromatic rings. The lowest BCUT2D eigenvalue weighted by Gasteiger charge is -2.12. The topological polar surface area (TPSA) is 106 Å². The fourth-order valence-corrected chi connectivity index (χ4v) is 0.708. The van der Waals surface area contributed by atoms with Gasteiger partial charge in [-0.2, -0.15) is 0 Å². The lowest BCUT2D eigenvalue weighted by molar-refractivity contribution is -0.141. The van der Waals surface area contributed by atoms with Crippen LogP contribution in [-0.2, 0) is 9.59 Å². The Morgan fingerprint density at radius 2 is 2.18 bits per heavy atom. The Kier molecular flexibility index (Phi) is 4.40. The Bertz CT molecular complexity index is 149. The summed E-state index contributed by atoms with van der Waals surface area (Å²) < 4.78 is 0. The van der Waals surface area contributed by atoms with E-state index in [0.717, 1.165) is 0 Å². The average Bonchev–Trinajstić information content (AvgIpc) is 1.98. The number of carboxylic acid groups (broad SMARTS) is 1. The molecule has 0 aromatic carbocycles. The van der Waals surface area contributed by atoms with Crippen LogP contribution in [0.15, 0.2) is 0 Å². The van der Waals surface area contributed by atoms with E-state index in [-0.39, 0.29) is 6.54 Å². The molecule has 0 amide bonds. The van der Waals surface area contributed by atoms with E-state index in [4.69, 9.17) is 16.6 Å². The number of hydrogen-bond acceptors (Lipinski definition) is 4. The third-order valence-corrected chi connectivity index (χ3v) is 1.42. The molecule has 2 unspecified atom stereocenters. The number of carbonyl (C=O) groups excluding carboxylic acids is 1. The number of carboxylic acids is 1. The summed E-state index contributed by atoms with van der Waals surface area (Å²) in [4.78, 5) is 20.5. The maximum absolute atomic E-state index is 10.2. The Morgan fingerprint density at radius 3 is 2.45 bits per heavy atom. The van der Waals surface area contributed by atoms with Gasteiger partial charge in [-0.25, -0.2) is 0 Å². The first-order valence-electron chi connectivity index (χ1n) is 3.27. The Morgan fingerprint density at radius 1 is 1.64 bits per heavy atom. The Hall–Kier alpha value is -0.940. The Balaban J connectivity index is 4.01. The van der Waals surface area contributed by atoms with Crippen LogP contribution >= 0.6 is 0 Å². The molecule has 0 aliphatic rings. The van der Waals surface area contributed by atoms with Gasteiger partial charge in [0.1, 0.15) is 12.3 Å². The van der Waals surface area contributed by atoms with Gasteiger partial charge in [0, 0.05) is 5.92 Å². The van der Waals surface area contributed by atoms with Gasteiger partial charge < -0.3 is 21.4 Å². The monoisotopic (exact) mass is 160 g/mol. The predicted molar refractivity (Wildman–Crippen MR) is 38.8 cm³/mol. The van der Waals surface area contributed by atoms with Gasteiger partial charge in [-0.05, 0) is 13.0 Å². The van der Waals surface area contributed by atoms with E-state index in [0.29, 0.717) is 12.7 Å². The summed E-state index contributed by atoms with van der Waals surface area (Å²) in [7, 11) is 0. The van der Waals surface area contributed by atoms with E-state index >= 15 is 0 Å². The van der Waals surface area contributed by atoms with Gasteiger partial charge in [0.25, 0.3) is 0 Å². The van der Waals surface area contributed by atoms with E-state index in [9.17, 15) is 9.59 Å². The smallest absolute Gasteiger partial charge is 0.321 e. The molecule has 5 nitrogen and oxygen atoms in total. The summed E-state index contributed by atoms with van der Waals surface area (Å²) in [6.07, 6.45) is 0.850. The zero-order chi connectivity index (χ0) is 8.85. The molecule has 0 aromatic heterocycles. The number of hydrogen-bond donors (Lipinski definition) is 3. The first-order valence-corrected chi connectivity index (χ1v) is 3.27. The van der Waals surface area contributed by atoms with Crippen molar-refractivity contribution in [2.24, 2.45) is 17.4 Å². The molecule has 0 radical (unpaired) electrons. The standard InChI is InChI=1S/C6H12N2O3/c7-2-1-4(3-9)5(8)6(10)11/h3-5H,1-2,7-8H2,(H,10,11). The largest absolute Gasteiger partial charge is 0.480 e. The first-order chi connectivity index (χ1) is 5.13. The quantitative estimate of drug-likeness (QED) is 0.427. The predicted octanol–water partition coefficient (Wildman–Crippen LogP) is -1.44. The van der Waals surface area contributed by atoms with Gasteiger partial charge in [0.05, 0.1) is 0 Å². The van der Waals surface area contributed by atoms with Crippen LogP contribution in [-0.4, -0.2) is 29.9 Å². The van der Waals surface area contributed by atoms with Crippen molar-refractivity contribution in [2.75, 3.05) is 6.54 Å². The molecule has 0 rings (SSSR count). The number of rotatable bonds is 5. The van der Waals surface area contributed by atoms with Crippen LogP contribution < -0.4 is 11.5 Å². The lowest BCUT2D eigenvalue weighted by atomic mass is 9.99. The number of nitrogens with two attached hydrogens (primary N) is 2. The number of carbonyl (C=O) groups is 2. The van der Waals surface area contributed by atoms with Crippen molar-refractivity contribution in [1.29, 1.82) is 0 Å². The average molecular weight is 160 g/mol. The van der Waals surface area contributed by atoms with Gasteiger partial charge in [-0.3, -0.25) is 4.79 Å². The first kappa shape index (κ1) is 10.1. The van der Waals surface area contributed by atoms with Crippen molar-refractivity contribution in [3.05, 3.63) is 0 Å². The highest BCUT2D eigenvalue weighted by atomic mass is 16.4. The maximum Gasteiger partial charge on any atom is 0.321 e. The minimum Gasteiger partial charge on any atom is -0.480 e. The summed E-state index contributed by atoms with van der Waals surface area (Å²) >= 11 is 0. The second-order valence-corrected chi connectivity index (χ2v) is 2.24. The van der Waals surface area contributed by atoms with Crippen LogP contribution in [0, 0.1) is 5.92 Å². The SMILES string of the molecule is NCCC(C=O)C(N)C(=O)O. The molecule has 2 atom stereocenters. The van der Waals surface area contributed by atoms with Gasteiger partial charge in [0.2, 0.25) is 0 Å². The highest BCUT2D eigenvalue weighted by Crippen LogP contribution is 2.02. The summed E-state index contributed by atoms with van der Waals surface area (Å²) in [5.41, 5.74) is 10.3. The summed E-state index contributed by atoms with van der Waals surface area (Å²) in [6.45, 7) is 0.268. The van der Waals surface area contributed by atoms with E-state index in [1.165, 1.54) is 0 Å². The van der Waals surface area contributed by atoms with Crippen molar-refractivity contribution in [3.63, 3.8) is 0 Å². The summed E-state index contributed by atoms with van der Waals surface area (Å²) in [5.74, 6) is -1.84. The molecule has 0 saturated heterocycles. The van der Waals surface area contributed by atoms with E-state index < -0.39 is 17.9 Å². The van der Waals surface area contributed by atoms with Crippen molar-refractivity contribution in [2.45, 2.75) is 12.5 Å². The van der Waals surface area contributed by atoms with Gasteiger partial charge in [-0.15, -0.1) is 0 Å². The molecule has 5 heteroatoms. The molecule has 0 saturated carbocycles. The zero-order valence-corrected chi connectivity index (χ0v) is 6.06. The third kappa shape index (κ3) is 3.10. The summed E-state index contributed by atoms with van der Waals surface area (Å²) in [5, 5.41) is 8.39. The third-order valence-electron chi connectivity index (χ3n) is 1.42. The fourth-order valence-electron chi connectivity index (χ4n) is 0.708. The molecule has 5 N–H and O–H groups in total. The number of aliphatic carboxylic acids is 1. The van der Waals surface area contributed by atoms with Crippen LogP contribution in [0.1, 0.15) is 6.42 Å². The fraction of sp³-hybridized carbons (Fsp3) is 0.667. The van der Waals surface area contributed by atoms with E-state index in [1.54, 1.807) is 0 Å². The van der Waals surface area contributed by atoms with Crippen LogP contribution in [0.4, 0.5) is 0 Å². The summed E-state index contributed by atoms with van der Waals surface area (Å²) in [6, 6.07) is -1.13. The van der Waals surface area contributed by atoms with Gasteiger partial charge >= 0.3 is 5.97 Å². The number of aldehydes is 1. The molecular formula is C6H12N2O3. The molecule has 0 bridgehead atoms. The molecule has 11 heavy (non-hydrogen) atoms. The normalized spacial score (nSPS) is 15.5. The minimum absolute atomic E-state index is 0.268. The van der Waals surface area contributed by atoms with Crippen LogP contribution in [0.5, 0.6) is 0 Å². The van der Waals surface area contributed by atoms with Crippen LogP contribution in [0.3, 0.4) is 0 Å². The second-order valence-electron chi connectivity index (χ2n) is 2.24. The van der Waals surface area contributed by atoms with E-state index in [2.05, 4.69) is 0 Å². The minimum atomic E-state index is -1.17. The molecule has 64 valence electrons. The highest BCUT2D eigenvalue weighted by Gasteiger charge is 2.22. The molecule has 0 aliphatic carbocycles. The van der Waals surface area contributed by atoms with Crippen molar-refractivity contribution in [3.8, 4) is 0 Å². The molecule has 0 fully saturated rings. The van der Waals surface area contributed by atoms with E-state index in [1.807, 2.05) is 0 Å². The molecule has 0 heterocycles. The van der Waals surface area contributed by atoms with Gasteiger partial charge in [-0.1, -0.05) is 0 Å². The van der Waals surface area contributed by atoms with Crippen LogP contribution in [0.2, 0.25) is 0 Å². The van der Waals surface area contributed by atoms with Gasteiger partial charge in [0.15, 0.2) is 0 Å². The highest BCUT2D eigenvalue weighted by molar-refractivity contribution is 5.77.